The van der Waals surface area contributed by atoms with Crippen LogP contribution in [0.4, 0.5) is 13.6 Å². The summed E-state index contributed by atoms with van der Waals surface area (Å²) in [6.07, 6.45) is 0.902. The minimum Gasteiger partial charge on any atom is -0.444 e. The van der Waals surface area contributed by atoms with Gasteiger partial charge in [-0.25, -0.2) is 13.6 Å². The maximum absolute atomic E-state index is 12.9. The van der Waals surface area contributed by atoms with Gasteiger partial charge in [-0.05, 0) is 39.5 Å². The van der Waals surface area contributed by atoms with Gasteiger partial charge in [-0.3, -0.25) is 4.68 Å². The number of carbonyl (C=O) groups excluding carboxylic acids is 1. The number of benzene rings is 1. The van der Waals surface area contributed by atoms with Crippen LogP contribution in [0.15, 0.2) is 30.5 Å². The van der Waals surface area contributed by atoms with Gasteiger partial charge in [-0.1, -0.05) is 38.1 Å². The van der Waals surface area contributed by atoms with Crippen molar-refractivity contribution in [1.82, 2.24) is 14.7 Å². The first-order chi connectivity index (χ1) is 14.0. The summed E-state index contributed by atoms with van der Waals surface area (Å²) in [5.41, 5.74) is 2.28. The monoisotopic (exact) mass is 419 g/mol. The van der Waals surface area contributed by atoms with Crippen molar-refractivity contribution in [3.63, 3.8) is 0 Å². The minimum absolute atomic E-state index is 0.0128. The molecule has 164 valence electrons. The van der Waals surface area contributed by atoms with Crippen molar-refractivity contribution in [1.29, 1.82) is 0 Å². The number of likely N-dealkylation sites (tertiary alicyclic amines) is 1. The molecule has 1 aliphatic heterocycles. The van der Waals surface area contributed by atoms with Gasteiger partial charge in [-0.15, -0.1) is 0 Å². The maximum atomic E-state index is 12.9. The Hall–Kier alpha value is -2.44. The van der Waals surface area contributed by atoms with Crippen LogP contribution in [0.1, 0.15) is 77.0 Å². The molecule has 30 heavy (non-hydrogen) atoms. The highest BCUT2D eigenvalue weighted by atomic mass is 19.3. The number of aromatic nitrogens is 2. The van der Waals surface area contributed by atoms with Crippen LogP contribution in [-0.4, -0.2) is 39.5 Å². The zero-order valence-corrected chi connectivity index (χ0v) is 18.4. The maximum Gasteiger partial charge on any atom is 0.410 e. The third-order valence-electron chi connectivity index (χ3n) is 5.31. The molecule has 0 aliphatic carbocycles. The standard InChI is InChI=1S/C23H31F2N3O2/c1-15(2)19-14-28(26-20(19)16-6-8-17(9-7-16)21(24)25)18-10-12-27(13-11-18)22(29)30-23(3,4)5/h6-9,14-15,18,21H,10-13H2,1-5H3. The lowest BCUT2D eigenvalue weighted by Crippen LogP contribution is -2.42. The lowest BCUT2D eigenvalue weighted by atomic mass is 9.99. The minimum atomic E-state index is -2.48. The number of piperidine rings is 1. The van der Waals surface area contributed by atoms with Crippen LogP contribution in [0.5, 0.6) is 0 Å². The fourth-order valence-electron chi connectivity index (χ4n) is 3.67. The Morgan fingerprint density at radius 1 is 1.13 bits per heavy atom. The summed E-state index contributed by atoms with van der Waals surface area (Å²) in [6.45, 7) is 11.0. The molecular weight excluding hydrogens is 388 g/mol. The quantitative estimate of drug-likeness (QED) is 0.594. The molecule has 1 saturated heterocycles. The van der Waals surface area contributed by atoms with Crippen molar-refractivity contribution in [2.24, 2.45) is 0 Å². The molecule has 0 saturated carbocycles. The molecular formula is C23H31F2N3O2. The first-order valence-electron chi connectivity index (χ1n) is 10.5. The second kappa shape index (κ2) is 8.74. The SMILES string of the molecule is CC(C)c1cn(C2CCN(C(=O)OC(C)(C)C)CC2)nc1-c1ccc(C(F)F)cc1. The van der Waals surface area contributed by atoms with E-state index in [0.29, 0.717) is 13.1 Å². The molecule has 1 aromatic heterocycles. The summed E-state index contributed by atoms with van der Waals surface area (Å²) in [5.74, 6) is 0.255. The van der Waals surface area contributed by atoms with Gasteiger partial charge in [0.2, 0.25) is 0 Å². The molecule has 0 spiro atoms. The number of hydrogen-bond acceptors (Lipinski definition) is 3. The van der Waals surface area contributed by atoms with E-state index in [-0.39, 0.29) is 23.6 Å². The lowest BCUT2D eigenvalue weighted by Gasteiger charge is -2.33. The largest absolute Gasteiger partial charge is 0.444 e. The molecule has 1 fully saturated rings. The van der Waals surface area contributed by atoms with Gasteiger partial charge >= 0.3 is 6.09 Å². The Balaban J connectivity index is 1.75. The van der Waals surface area contributed by atoms with Gasteiger partial charge in [-0.2, -0.15) is 5.10 Å². The second-order valence-electron chi connectivity index (χ2n) is 9.19. The van der Waals surface area contributed by atoms with E-state index in [4.69, 9.17) is 9.84 Å². The Bertz CT molecular complexity index is 862. The molecule has 0 radical (unpaired) electrons. The second-order valence-corrected chi connectivity index (χ2v) is 9.19. The molecule has 0 atom stereocenters. The Morgan fingerprint density at radius 2 is 1.73 bits per heavy atom. The number of hydrogen-bond donors (Lipinski definition) is 0. The number of rotatable bonds is 4. The summed E-state index contributed by atoms with van der Waals surface area (Å²) in [4.78, 5) is 14.0. The lowest BCUT2D eigenvalue weighted by molar-refractivity contribution is 0.0185. The van der Waals surface area contributed by atoms with Gasteiger partial charge in [0.1, 0.15) is 5.60 Å². The van der Waals surface area contributed by atoms with Crippen molar-refractivity contribution < 1.29 is 18.3 Å². The Labute approximate surface area is 177 Å². The van der Waals surface area contributed by atoms with E-state index in [2.05, 4.69) is 20.0 Å². The highest BCUT2D eigenvalue weighted by Gasteiger charge is 2.28. The van der Waals surface area contributed by atoms with E-state index in [0.717, 1.165) is 29.7 Å². The van der Waals surface area contributed by atoms with Crippen molar-refractivity contribution in [2.75, 3.05) is 13.1 Å². The molecule has 5 nitrogen and oxygen atoms in total. The topological polar surface area (TPSA) is 47.4 Å². The predicted molar refractivity (Wildman–Crippen MR) is 113 cm³/mol. The Morgan fingerprint density at radius 3 is 2.23 bits per heavy atom. The molecule has 0 N–H and O–H groups in total. The van der Waals surface area contributed by atoms with Crippen LogP contribution in [0.2, 0.25) is 0 Å². The first-order valence-corrected chi connectivity index (χ1v) is 10.5. The Kier molecular flexibility index (Phi) is 6.48. The normalized spacial score (nSPS) is 15.8. The van der Waals surface area contributed by atoms with Crippen molar-refractivity contribution >= 4 is 6.09 Å². The third kappa shape index (κ3) is 5.18. The molecule has 1 aliphatic rings. The van der Waals surface area contributed by atoms with E-state index in [1.54, 1.807) is 17.0 Å². The molecule has 2 aromatic rings. The van der Waals surface area contributed by atoms with Crippen LogP contribution in [-0.2, 0) is 4.74 Å². The number of alkyl halides is 2. The average molecular weight is 420 g/mol. The fraction of sp³-hybridized carbons (Fsp3) is 0.565. The summed E-state index contributed by atoms with van der Waals surface area (Å²) in [6, 6.07) is 6.54. The van der Waals surface area contributed by atoms with E-state index in [1.165, 1.54) is 12.1 Å². The van der Waals surface area contributed by atoms with Crippen LogP contribution in [0.3, 0.4) is 0 Å². The summed E-state index contributed by atoms with van der Waals surface area (Å²) in [7, 11) is 0. The average Bonchev–Trinajstić information content (AvgIpc) is 3.12. The molecule has 1 amide bonds. The van der Waals surface area contributed by atoms with E-state index in [1.807, 2.05) is 25.5 Å². The van der Waals surface area contributed by atoms with Gasteiger partial charge in [0.15, 0.2) is 0 Å². The van der Waals surface area contributed by atoms with Gasteiger partial charge in [0.25, 0.3) is 6.43 Å². The molecule has 2 heterocycles. The highest BCUT2D eigenvalue weighted by Crippen LogP contribution is 2.32. The number of ether oxygens (including phenoxy) is 1. The van der Waals surface area contributed by atoms with Crippen LogP contribution >= 0.6 is 0 Å². The number of nitrogens with zero attached hydrogens (tertiary/aromatic N) is 3. The zero-order chi connectivity index (χ0) is 22.1. The highest BCUT2D eigenvalue weighted by molar-refractivity contribution is 5.68. The van der Waals surface area contributed by atoms with Gasteiger partial charge < -0.3 is 9.64 Å². The van der Waals surface area contributed by atoms with E-state index >= 15 is 0 Å². The van der Waals surface area contributed by atoms with E-state index < -0.39 is 12.0 Å². The summed E-state index contributed by atoms with van der Waals surface area (Å²) < 4.78 is 33.2. The molecule has 7 heteroatoms. The molecule has 0 unspecified atom stereocenters. The summed E-state index contributed by atoms with van der Waals surface area (Å²) in [5, 5.41) is 4.82. The van der Waals surface area contributed by atoms with Crippen molar-refractivity contribution in [3.8, 4) is 11.3 Å². The smallest absolute Gasteiger partial charge is 0.410 e. The predicted octanol–water partition coefficient (Wildman–Crippen LogP) is 6.18. The van der Waals surface area contributed by atoms with Crippen molar-refractivity contribution in [2.45, 2.75) is 71.4 Å². The molecule has 0 bridgehead atoms. The van der Waals surface area contributed by atoms with Crippen LogP contribution < -0.4 is 0 Å². The third-order valence-corrected chi connectivity index (χ3v) is 5.31. The summed E-state index contributed by atoms with van der Waals surface area (Å²) >= 11 is 0. The van der Waals surface area contributed by atoms with Crippen LogP contribution in [0.25, 0.3) is 11.3 Å². The fourth-order valence-corrected chi connectivity index (χ4v) is 3.67. The zero-order valence-electron chi connectivity index (χ0n) is 18.4. The molecule has 1 aromatic carbocycles. The number of amides is 1. The van der Waals surface area contributed by atoms with Gasteiger partial charge in [0.05, 0.1) is 11.7 Å². The molecule has 3 rings (SSSR count). The number of carbonyl (C=O) groups is 1. The van der Waals surface area contributed by atoms with E-state index in [9.17, 15) is 13.6 Å². The van der Waals surface area contributed by atoms with Crippen molar-refractivity contribution in [3.05, 3.63) is 41.6 Å². The first kappa shape index (κ1) is 22.2. The van der Waals surface area contributed by atoms with Crippen LogP contribution in [0, 0.1) is 0 Å². The van der Waals surface area contributed by atoms with Gasteiger partial charge in [0, 0.05) is 36.0 Å². The number of halogens is 2.